The van der Waals surface area contributed by atoms with Crippen LogP contribution in [0.15, 0.2) is 53.5 Å². The van der Waals surface area contributed by atoms with Gasteiger partial charge in [0.05, 0.1) is 40.7 Å². The van der Waals surface area contributed by atoms with Gasteiger partial charge in [-0.25, -0.2) is 4.98 Å². The van der Waals surface area contributed by atoms with Crippen LogP contribution in [0, 0.1) is 5.41 Å². The van der Waals surface area contributed by atoms with E-state index in [0.717, 1.165) is 54.6 Å². The van der Waals surface area contributed by atoms with Crippen molar-refractivity contribution in [1.29, 1.82) is 0 Å². The Kier molecular flexibility index (Phi) is 10.4. The van der Waals surface area contributed by atoms with Gasteiger partial charge < -0.3 is 34.5 Å². The predicted octanol–water partition coefficient (Wildman–Crippen LogP) is 3.95. The van der Waals surface area contributed by atoms with Gasteiger partial charge in [-0.05, 0) is 82.3 Å². The lowest BCUT2D eigenvalue weighted by atomic mass is 9.61. The van der Waals surface area contributed by atoms with Crippen LogP contribution < -0.4 is 36.0 Å². The van der Waals surface area contributed by atoms with Gasteiger partial charge in [0, 0.05) is 62.2 Å². The van der Waals surface area contributed by atoms with Crippen molar-refractivity contribution in [2.45, 2.75) is 76.7 Å². The molecule has 6 heterocycles. The number of hydrogen-bond acceptors (Lipinski definition) is 13. The Labute approximate surface area is 355 Å². The lowest BCUT2D eigenvalue weighted by molar-refractivity contribution is -0.136. The van der Waals surface area contributed by atoms with E-state index in [1.807, 2.05) is 38.1 Å². The number of hydrogen-bond donors (Lipinski definition) is 3. The van der Waals surface area contributed by atoms with E-state index in [0.29, 0.717) is 46.8 Å². The molecule has 3 N–H and O–H groups in total. The molecule has 61 heavy (non-hydrogen) atoms. The smallest absolute Gasteiger partial charge is 0.293 e. The van der Waals surface area contributed by atoms with Gasteiger partial charge in [-0.1, -0.05) is 17.7 Å². The quantitative estimate of drug-likeness (QED) is 0.184. The highest BCUT2D eigenvalue weighted by Gasteiger charge is 2.55. The van der Waals surface area contributed by atoms with Gasteiger partial charge >= 0.3 is 0 Å². The number of anilines is 4. The molecule has 2 aromatic carbocycles. The molecule has 9 rings (SSSR count). The molecule has 1 atom stereocenters. The second kappa shape index (κ2) is 15.8. The van der Waals surface area contributed by atoms with Crippen molar-refractivity contribution in [1.82, 2.24) is 30.1 Å². The number of benzene rings is 2. The van der Waals surface area contributed by atoms with Crippen molar-refractivity contribution in [2.24, 2.45) is 5.41 Å². The summed E-state index contributed by atoms with van der Waals surface area (Å²) in [7, 11) is 1.51. The molecule has 318 valence electrons. The fourth-order valence-corrected chi connectivity index (χ4v) is 9.52. The van der Waals surface area contributed by atoms with E-state index in [1.54, 1.807) is 29.0 Å². The van der Waals surface area contributed by atoms with Gasteiger partial charge in [0.1, 0.15) is 11.1 Å². The molecule has 0 radical (unpaired) electrons. The Balaban J connectivity index is 0.786. The number of carbonyl (C=O) groups is 5. The van der Waals surface area contributed by atoms with Crippen LogP contribution in [-0.4, -0.2) is 107 Å². The SMILES string of the molecule is CNC(=O)COc1cc2cc(Nc3nc(N4CCC(OC5CC6(C5)CN(c5cccc7c5C(=O)N(C5CCC(=O)NC5=O)C7=O)C6)CC4)ncc3Cl)ccc2n(C(C)C)c1=O. The lowest BCUT2D eigenvalue weighted by Gasteiger charge is -2.60. The number of amides is 5. The highest BCUT2D eigenvalue weighted by molar-refractivity contribution is 6.33. The van der Waals surface area contributed by atoms with E-state index in [4.69, 9.17) is 26.1 Å². The number of carbonyl (C=O) groups excluding carboxylic acids is 5. The highest BCUT2D eigenvalue weighted by atomic mass is 35.5. The van der Waals surface area contributed by atoms with Crippen LogP contribution in [0.4, 0.5) is 23.1 Å². The van der Waals surface area contributed by atoms with Gasteiger partial charge in [-0.2, -0.15) is 4.98 Å². The Morgan fingerprint density at radius 3 is 2.48 bits per heavy atom. The minimum Gasteiger partial charge on any atom is -0.478 e. The molecule has 5 aliphatic rings. The molecule has 1 unspecified atom stereocenters. The maximum absolute atomic E-state index is 13.6. The summed E-state index contributed by atoms with van der Waals surface area (Å²) in [4.78, 5) is 90.8. The summed E-state index contributed by atoms with van der Waals surface area (Å²) in [5.41, 5.74) is 2.50. The van der Waals surface area contributed by atoms with Crippen LogP contribution in [0.1, 0.15) is 79.1 Å². The molecule has 4 fully saturated rings. The molecule has 0 bridgehead atoms. The van der Waals surface area contributed by atoms with Crippen molar-refractivity contribution >= 4 is 75.2 Å². The van der Waals surface area contributed by atoms with E-state index >= 15 is 0 Å². The van der Waals surface area contributed by atoms with Gasteiger partial charge in [-0.3, -0.25) is 39.0 Å². The summed E-state index contributed by atoms with van der Waals surface area (Å²) in [6, 6.07) is 11.3. The van der Waals surface area contributed by atoms with Gasteiger partial charge in [0.2, 0.25) is 17.8 Å². The maximum atomic E-state index is 13.6. The Morgan fingerprint density at radius 2 is 1.75 bits per heavy atom. The normalized spacial score (nSPS) is 20.2. The number of fused-ring (bicyclic) bond motifs is 2. The molecule has 4 aromatic rings. The van der Waals surface area contributed by atoms with Crippen LogP contribution in [0.3, 0.4) is 0 Å². The summed E-state index contributed by atoms with van der Waals surface area (Å²) in [6.07, 6.45) is 5.48. The third-order valence-electron chi connectivity index (χ3n) is 12.4. The van der Waals surface area contributed by atoms with Crippen molar-refractivity contribution in [3.8, 4) is 5.75 Å². The van der Waals surface area contributed by atoms with E-state index in [2.05, 4.69) is 30.7 Å². The van der Waals surface area contributed by atoms with Crippen molar-refractivity contribution < 1.29 is 33.4 Å². The molecule has 2 aromatic heterocycles. The highest BCUT2D eigenvalue weighted by Crippen LogP contribution is 2.52. The number of nitrogens with one attached hydrogen (secondary N) is 3. The zero-order valence-electron chi connectivity index (χ0n) is 34.0. The van der Waals surface area contributed by atoms with Gasteiger partial charge in [0.25, 0.3) is 23.3 Å². The van der Waals surface area contributed by atoms with Gasteiger partial charge in [-0.15, -0.1) is 0 Å². The first-order chi connectivity index (χ1) is 29.3. The maximum Gasteiger partial charge on any atom is 0.293 e. The number of pyridine rings is 1. The molecule has 1 saturated carbocycles. The number of piperidine rings is 2. The van der Waals surface area contributed by atoms with Crippen LogP contribution in [0.25, 0.3) is 10.9 Å². The third-order valence-corrected chi connectivity index (χ3v) is 12.7. The number of rotatable bonds is 11. The summed E-state index contributed by atoms with van der Waals surface area (Å²) >= 11 is 6.58. The number of halogens is 1. The second-order valence-corrected chi connectivity index (χ2v) is 17.3. The topological polar surface area (TPSA) is 197 Å². The van der Waals surface area contributed by atoms with E-state index < -0.39 is 29.7 Å². The molecule has 3 saturated heterocycles. The molecule has 18 heteroatoms. The zero-order valence-corrected chi connectivity index (χ0v) is 34.8. The molecular formula is C43H46ClN9O8. The van der Waals surface area contributed by atoms with Crippen LogP contribution >= 0.6 is 11.6 Å². The lowest BCUT2D eigenvalue weighted by Crippen LogP contribution is -2.65. The first-order valence-electron chi connectivity index (χ1n) is 20.6. The predicted molar refractivity (Wildman–Crippen MR) is 226 cm³/mol. The van der Waals surface area contributed by atoms with Crippen molar-refractivity contribution in [3.05, 3.63) is 75.2 Å². The third kappa shape index (κ3) is 7.43. The van der Waals surface area contributed by atoms with Crippen LogP contribution in [0.5, 0.6) is 5.75 Å². The molecule has 4 aliphatic heterocycles. The minimum absolute atomic E-state index is 0.0758. The molecule has 5 amide bonds. The fourth-order valence-electron chi connectivity index (χ4n) is 9.38. The molecular weight excluding hydrogens is 806 g/mol. The number of aromatic nitrogens is 3. The van der Waals surface area contributed by atoms with E-state index in [-0.39, 0.29) is 65.9 Å². The number of ether oxygens (including phenoxy) is 2. The number of nitrogens with zero attached hydrogens (tertiary/aromatic N) is 6. The Morgan fingerprint density at radius 1 is 0.984 bits per heavy atom. The fraction of sp³-hybridized carbons (Fsp3) is 0.442. The van der Waals surface area contributed by atoms with Crippen LogP contribution in [0.2, 0.25) is 5.02 Å². The van der Waals surface area contributed by atoms with Crippen LogP contribution in [-0.2, 0) is 19.1 Å². The molecule has 1 aliphatic carbocycles. The molecule has 1 spiro atoms. The summed E-state index contributed by atoms with van der Waals surface area (Å²) in [6.45, 7) is 6.46. The molecule has 17 nitrogen and oxygen atoms in total. The zero-order chi connectivity index (χ0) is 42.7. The summed E-state index contributed by atoms with van der Waals surface area (Å²) in [5.74, 6) is -1.29. The summed E-state index contributed by atoms with van der Waals surface area (Å²) in [5, 5.41) is 9.15. The largest absolute Gasteiger partial charge is 0.478 e. The Bertz CT molecular complexity index is 2540. The number of likely N-dealkylation sites (N-methyl/N-ethyl adjacent to an activating group) is 1. The standard InChI is InChI=1S/C43H46ClN9O8/c1-23(2)52-30-8-7-25(15-24(30)16-33(40(52)58)60-20-35(55)45-3)47-37-29(44)19-46-42(49-37)50-13-11-26(12-14-50)61-27-17-43(18-27)21-51(22-43)31-6-4-5-28-36(31)41(59)53(39(28)57)32-9-10-34(54)48-38(32)56/h4-8,15-16,19,23,26-27,32H,9-14,17-18,20-22H2,1-3H3,(H,45,55)(H,46,47,49)(H,48,54,56). The van der Waals surface area contributed by atoms with Crippen molar-refractivity contribution in [3.63, 3.8) is 0 Å². The summed E-state index contributed by atoms with van der Waals surface area (Å²) < 4.78 is 13.8. The van der Waals surface area contributed by atoms with E-state index in [9.17, 15) is 28.8 Å². The Hall–Kier alpha value is -6.07. The number of imide groups is 2. The van der Waals surface area contributed by atoms with Gasteiger partial charge in [0.15, 0.2) is 18.2 Å². The second-order valence-electron chi connectivity index (χ2n) is 16.9. The van der Waals surface area contributed by atoms with E-state index in [1.165, 1.54) is 7.05 Å². The first kappa shape index (κ1) is 40.3. The average molecular weight is 852 g/mol. The van der Waals surface area contributed by atoms with Crippen molar-refractivity contribution in [2.75, 3.05) is 55.0 Å². The minimum atomic E-state index is -0.999. The monoisotopic (exact) mass is 851 g/mol. The first-order valence-corrected chi connectivity index (χ1v) is 21.0. The average Bonchev–Trinajstić information content (AvgIpc) is 3.47.